The molecule has 1 saturated carbocycles. The van der Waals surface area contributed by atoms with Crippen LogP contribution in [0, 0.1) is 13.8 Å². The number of nitrogens with one attached hydrogen (secondary N) is 1. The first-order chi connectivity index (χ1) is 13.1. The Kier molecular flexibility index (Phi) is 3.43. The minimum atomic E-state index is -0.232. The monoisotopic (exact) mass is 358 g/mol. The molecule has 5 rings (SSSR count). The highest BCUT2D eigenvalue weighted by Gasteiger charge is 2.25. The van der Waals surface area contributed by atoms with E-state index in [4.69, 9.17) is 0 Å². The fourth-order valence-corrected chi connectivity index (χ4v) is 3.59. The average molecular weight is 358 g/mol. The summed E-state index contributed by atoms with van der Waals surface area (Å²) in [6.45, 7) is 4.18. The van der Waals surface area contributed by atoms with Crippen molar-refractivity contribution in [1.29, 1.82) is 0 Å². The zero-order valence-corrected chi connectivity index (χ0v) is 15.1. The largest absolute Gasteiger partial charge is 0.305 e. The fraction of sp³-hybridized carbons (Fsp3) is 0.250. The molecule has 0 amide bonds. The molecule has 1 fully saturated rings. The minimum absolute atomic E-state index is 0.232. The van der Waals surface area contributed by atoms with Crippen LogP contribution in [0.25, 0.3) is 28.2 Å². The van der Waals surface area contributed by atoms with Crippen LogP contribution in [-0.2, 0) is 0 Å². The van der Waals surface area contributed by atoms with Crippen LogP contribution in [0.4, 0.5) is 0 Å². The van der Waals surface area contributed by atoms with Crippen molar-refractivity contribution in [2.24, 2.45) is 0 Å². The fourth-order valence-electron chi connectivity index (χ4n) is 3.59. The highest BCUT2D eigenvalue weighted by atomic mass is 16.1. The predicted octanol–water partition coefficient (Wildman–Crippen LogP) is 3.06. The quantitative estimate of drug-likeness (QED) is 0.608. The first-order valence-corrected chi connectivity index (χ1v) is 8.98. The SMILES string of the molecule is Cc1cc(C2CC2)cc(C)c1-n1cc2c(=O)[nH]c(-c3ccncn3)nc2n1. The van der Waals surface area contributed by atoms with Crippen molar-refractivity contribution in [2.45, 2.75) is 32.6 Å². The summed E-state index contributed by atoms with van der Waals surface area (Å²) in [7, 11) is 0. The Morgan fingerprint density at radius 1 is 1.19 bits per heavy atom. The maximum Gasteiger partial charge on any atom is 0.262 e. The van der Waals surface area contributed by atoms with E-state index in [1.165, 1.54) is 24.7 Å². The summed E-state index contributed by atoms with van der Waals surface area (Å²) < 4.78 is 1.76. The van der Waals surface area contributed by atoms with E-state index in [-0.39, 0.29) is 5.56 Å². The van der Waals surface area contributed by atoms with E-state index in [9.17, 15) is 4.79 Å². The summed E-state index contributed by atoms with van der Waals surface area (Å²) in [5, 5.41) is 5.04. The van der Waals surface area contributed by atoms with E-state index in [1.807, 2.05) is 0 Å². The van der Waals surface area contributed by atoms with Gasteiger partial charge in [-0.3, -0.25) is 4.79 Å². The number of aromatic amines is 1. The number of nitrogens with zero attached hydrogens (tertiary/aromatic N) is 5. The number of aromatic nitrogens is 6. The molecule has 1 N–H and O–H groups in total. The second-order valence-corrected chi connectivity index (χ2v) is 7.10. The first-order valence-electron chi connectivity index (χ1n) is 8.98. The van der Waals surface area contributed by atoms with E-state index in [0.717, 1.165) is 16.8 Å². The molecular formula is C20H18N6O. The smallest absolute Gasteiger partial charge is 0.262 e. The third-order valence-electron chi connectivity index (χ3n) is 5.00. The normalized spacial score (nSPS) is 14.0. The molecule has 1 aliphatic rings. The lowest BCUT2D eigenvalue weighted by Crippen LogP contribution is -2.09. The zero-order valence-electron chi connectivity index (χ0n) is 15.1. The standard InChI is InChI=1S/C20H18N6O/c1-11-7-14(13-3-4-13)8-12(2)17(11)26-9-15-18(25-26)23-19(24-20(15)27)16-5-6-21-10-22-16/h5-10,13H,3-4H2,1-2H3,(H,23,24,25,27). The highest BCUT2D eigenvalue weighted by molar-refractivity contribution is 5.75. The van der Waals surface area contributed by atoms with Gasteiger partial charge < -0.3 is 4.98 Å². The van der Waals surface area contributed by atoms with Crippen LogP contribution in [0.3, 0.4) is 0 Å². The van der Waals surface area contributed by atoms with Gasteiger partial charge in [-0.05, 0) is 55.4 Å². The van der Waals surface area contributed by atoms with Crippen molar-refractivity contribution < 1.29 is 0 Å². The zero-order chi connectivity index (χ0) is 18.5. The molecule has 7 heteroatoms. The molecule has 0 saturated heterocycles. The van der Waals surface area contributed by atoms with Gasteiger partial charge in [0.05, 0.1) is 5.69 Å². The maximum absolute atomic E-state index is 12.5. The molecule has 3 heterocycles. The summed E-state index contributed by atoms with van der Waals surface area (Å²) in [6, 6.07) is 6.17. The van der Waals surface area contributed by atoms with Crippen molar-refractivity contribution in [3.05, 3.63) is 64.0 Å². The lowest BCUT2D eigenvalue weighted by Gasteiger charge is -2.12. The van der Waals surface area contributed by atoms with Gasteiger partial charge in [0.2, 0.25) is 0 Å². The average Bonchev–Trinajstić information content (AvgIpc) is 3.42. The molecule has 4 aromatic rings. The molecule has 7 nitrogen and oxygen atoms in total. The van der Waals surface area contributed by atoms with E-state index in [0.29, 0.717) is 28.5 Å². The van der Waals surface area contributed by atoms with Gasteiger partial charge in [-0.25, -0.2) is 19.6 Å². The molecule has 1 aliphatic carbocycles. The summed E-state index contributed by atoms with van der Waals surface area (Å²) in [4.78, 5) is 27.9. The van der Waals surface area contributed by atoms with Gasteiger partial charge in [0.1, 0.15) is 17.4 Å². The summed E-state index contributed by atoms with van der Waals surface area (Å²) in [5.41, 5.74) is 5.42. The van der Waals surface area contributed by atoms with Crippen LogP contribution in [0.2, 0.25) is 0 Å². The number of benzene rings is 1. The summed E-state index contributed by atoms with van der Waals surface area (Å²) >= 11 is 0. The lowest BCUT2D eigenvalue weighted by atomic mass is 10.0. The number of aryl methyl sites for hydroxylation is 2. The Morgan fingerprint density at radius 3 is 2.63 bits per heavy atom. The molecule has 0 bridgehead atoms. The number of rotatable bonds is 3. The van der Waals surface area contributed by atoms with Gasteiger partial charge in [0.25, 0.3) is 5.56 Å². The molecule has 1 aromatic carbocycles. The molecule has 134 valence electrons. The third kappa shape index (κ3) is 2.71. The molecule has 0 atom stereocenters. The van der Waals surface area contributed by atoms with Gasteiger partial charge in [-0.2, -0.15) is 0 Å². The van der Waals surface area contributed by atoms with Crippen LogP contribution in [0.1, 0.15) is 35.4 Å². The lowest BCUT2D eigenvalue weighted by molar-refractivity contribution is 0.870. The summed E-state index contributed by atoms with van der Waals surface area (Å²) in [5.74, 6) is 1.09. The predicted molar refractivity (Wildman–Crippen MR) is 102 cm³/mol. The topological polar surface area (TPSA) is 89.4 Å². The van der Waals surface area contributed by atoms with Gasteiger partial charge in [0, 0.05) is 12.4 Å². The second kappa shape index (κ2) is 5.84. The van der Waals surface area contributed by atoms with E-state index >= 15 is 0 Å². The van der Waals surface area contributed by atoms with Gasteiger partial charge >= 0.3 is 0 Å². The molecular weight excluding hydrogens is 340 g/mol. The van der Waals surface area contributed by atoms with Crippen LogP contribution >= 0.6 is 0 Å². The Balaban J connectivity index is 1.65. The van der Waals surface area contributed by atoms with Crippen molar-refractivity contribution in [3.63, 3.8) is 0 Å². The van der Waals surface area contributed by atoms with Crippen molar-refractivity contribution >= 4 is 11.0 Å². The van der Waals surface area contributed by atoms with Crippen LogP contribution in [-0.4, -0.2) is 29.7 Å². The highest BCUT2D eigenvalue weighted by Crippen LogP contribution is 2.41. The number of H-pyrrole nitrogens is 1. The van der Waals surface area contributed by atoms with Crippen molar-refractivity contribution in [2.75, 3.05) is 0 Å². The number of fused-ring (bicyclic) bond motifs is 1. The first kappa shape index (κ1) is 15.9. The van der Waals surface area contributed by atoms with Crippen LogP contribution in [0.5, 0.6) is 0 Å². The Hall–Kier alpha value is -3.35. The minimum Gasteiger partial charge on any atom is -0.305 e. The summed E-state index contributed by atoms with van der Waals surface area (Å²) in [6.07, 6.45) is 7.33. The Bertz CT molecular complexity index is 1200. The molecule has 0 aliphatic heterocycles. The van der Waals surface area contributed by atoms with Crippen LogP contribution in [0.15, 0.2) is 41.7 Å². The van der Waals surface area contributed by atoms with Crippen molar-refractivity contribution in [1.82, 2.24) is 29.7 Å². The molecule has 27 heavy (non-hydrogen) atoms. The molecule has 0 radical (unpaired) electrons. The van der Waals surface area contributed by atoms with Crippen LogP contribution < -0.4 is 5.56 Å². The van der Waals surface area contributed by atoms with Gasteiger partial charge in [-0.1, -0.05) is 12.1 Å². The van der Waals surface area contributed by atoms with Gasteiger partial charge in [-0.15, -0.1) is 5.10 Å². The molecule has 0 unspecified atom stereocenters. The maximum atomic E-state index is 12.5. The van der Waals surface area contributed by atoms with E-state index in [1.54, 1.807) is 23.1 Å². The van der Waals surface area contributed by atoms with E-state index in [2.05, 4.69) is 51.0 Å². The Morgan fingerprint density at radius 2 is 1.96 bits per heavy atom. The van der Waals surface area contributed by atoms with Gasteiger partial charge in [0.15, 0.2) is 11.5 Å². The third-order valence-corrected chi connectivity index (χ3v) is 5.00. The van der Waals surface area contributed by atoms with Crippen molar-refractivity contribution in [3.8, 4) is 17.2 Å². The molecule has 3 aromatic heterocycles. The van der Waals surface area contributed by atoms with E-state index < -0.39 is 0 Å². The number of hydrogen-bond donors (Lipinski definition) is 1. The molecule has 0 spiro atoms. The Labute approximate surface area is 155 Å². The number of hydrogen-bond acceptors (Lipinski definition) is 5. The second-order valence-electron chi connectivity index (χ2n) is 7.10.